The molecule has 0 saturated heterocycles. The Morgan fingerprint density at radius 1 is 1.18 bits per heavy atom. The molecule has 2 rings (SSSR count). The minimum absolute atomic E-state index is 0.0197. The zero-order valence-electron chi connectivity index (χ0n) is 18.0. The van der Waals surface area contributed by atoms with Gasteiger partial charge in [-0.15, -0.1) is 11.3 Å². The van der Waals surface area contributed by atoms with Crippen molar-refractivity contribution in [2.24, 2.45) is 0 Å². The molecule has 154 valence electrons. The summed E-state index contributed by atoms with van der Waals surface area (Å²) in [5, 5.41) is 5.20. The maximum absolute atomic E-state index is 13.1. The summed E-state index contributed by atoms with van der Waals surface area (Å²) in [5.41, 5.74) is 3.26. The van der Waals surface area contributed by atoms with Gasteiger partial charge in [0, 0.05) is 16.6 Å². The predicted molar refractivity (Wildman–Crippen MR) is 121 cm³/mol. The Bertz CT molecular complexity index is 739. The fourth-order valence-electron chi connectivity index (χ4n) is 3.37. The maximum atomic E-state index is 13.1. The van der Waals surface area contributed by atoms with Crippen molar-refractivity contribution in [2.75, 3.05) is 25.0 Å². The molecule has 0 spiro atoms. The molecule has 0 bridgehead atoms. The van der Waals surface area contributed by atoms with Crippen LogP contribution in [0.1, 0.15) is 49.6 Å². The molecule has 1 heterocycles. The van der Waals surface area contributed by atoms with Crippen molar-refractivity contribution in [3.63, 3.8) is 0 Å². The first-order chi connectivity index (χ1) is 13.4. The van der Waals surface area contributed by atoms with E-state index in [2.05, 4.69) is 49.4 Å². The summed E-state index contributed by atoms with van der Waals surface area (Å²) in [4.78, 5) is 18.8. The van der Waals surface area contributed by atoms with Crippen molar-refractivity contribution < 1.29 is 4.79 Å². The molecule has 1 unspecified atom stereocenters. The average Bonchev–Trinajstić information content (AvgIpc) is 3.07. The zero-order valence-corrected chi connectivity index (χ0v) is 18.8. The van der Waals surface area contributed by atoms with Crippen LogP contribution in [0.3, 0.4) is 0 Å². The van der Waals surface area contributed by atoms with Crippen LogP contribution in [0.5, 0.6) is 0 Å². The average molecular weight is 402 g/mol. The van der Waals surface area contributed by atoms with Crippen LogP contribution in [0, 0.1) is 13.8 Å². The lowest BCUT2D eigenvalue weighted by Gasteiger charge is -2.30. The number of thiophene rings is 1. The highest BCUT2D eigenvalue weighted by Gasteiger charge is 2.22. The summed E-state index contributed by atoms with van der Waals surface area (Å²) in [6, 6.07) is 10.3. The summed E-state index contributed by atoms with van der Waals surface area (Å²) < 4.78 is 0. The van der Waals surface area contributed by atoms with Crippen LogP contribution in [0.2, 0.25) is 0 Å². The van der Waals surface area contributed by atoms with Gasteiger partial charge in [-0.25, -0.2) is 4.79 Å². The molecule has 0 radical (unpaired) electrons. The van der Waals surface area contributed by atoms with E-state index in [9.17, 15) is 4.79 Å². The number of aryl methyl sites for hydroxylation is 2. The number of amides is 2. The molecular weight excluding hydrogens is 366 g/mol. The largest absolute Gasteiger partial charge is 0.322 e. The lowest BCUT2D eigenvalue weighted by atomic mass is 10.1. The van der Waals surface area contributed by atoms with E-state index >= 15 is 0 Å². The molecule has 2 amide bonds. The van der Waals surface area contributed by atoms with Crippen molar-refractivity contribution >= 4 is 23.1 Å². The predicted octanol–water partition coefficient (Wildman–Crippen LogP) is 5.91. The second-order valence-electron chi connectivity index (χ2n) is 7.47. The molecular formula is C23H35N3OS. The molecule has 0 fully saturated rings. The Morgan fingerprint density at radius 3 is 2.54 bits per heavy atom. The van der Waals surface area contributed by atoms with Gasteiger partial charge in [-0.2, -0.15) is 0 Å². The van der Waals surface area contributed by atoms with E-state index in [0.717, 1.165) is 43.7 Å². The van der Waals surface area contributed by atoms with Gasteiger partial charge >= 0.3 is 6.03 Å². The molecule has 0 aliphatic rings. The standard InChI is InChI=1S/C23H35N3OS/c1-6-25(7-2)14-9-11-20(5)26(17-22-19(4)13-15-28-22)23(27)24-21-12-8-10-18(3)16-21/h8,10,12-13,15-16,20H,6-7,9,11,14,17H2,1-5H3,(H,24,27). The highest BCUT2D eigenvalue weighted by atomic mass is 32.1. The van der Waals surface area contributed by atoms with Crippen molar-refractivity contribution in [2.45, 2.75) is 60.0 Å². The molecule has 0 aliphatic carbocycles. The van der Waals surface area contributed by atoms with Crippen molar-refractivity contribution in [1.29, 1.82) is 0 Å². The molecule has 5 heteroatoms. The number of urea groups is 1. The van der Waals surface area contributed by atoms with Gasteiger partial charge in [0.05, 0.1) is 6.54 Å². The van der Waals surface area contributed by atoms with Gasteiger partial charge in [0.1, 0.15) is 0 Å². The molecule has 1 atom stereocenters. The van der Waals surface area contributed by atoms with E-state index < -0.39 is 0 Å². The number of anilines is 1. The Kier molecular flexibility index (Phi) is 9.00. The second-order valence-corrected chi connectivity index (χ2v) is 8.47. The van der Waals surface area contributed by atoms with E-state index in [0.29, 0.717) is 6.54 Å². The minimum atomic E-state index is -0.0197. The van der Waals surface area contributed by atoms with Crippen LogP contribution in [0.15, 0.2) is 35.7 Å². The molecule has 0 aliphatic heterocycles. The van der Waals surface area contributed by atoms with E-state index in [4.69, 9.17) is 0 Å². The quantitative estimate of drug-likeness (QED) is 0.537. The number of carbonyl (C=O) groups is 1. The summed E-state index contributed by atoms with van der Waals surface area (Å²) in [5.74, 6) is 0. The third-order valence-corrected chi connectivity index (χ3v) is 6.34. The minimum Gasteiger partial charge on any atom is -0.317 e. The van der Waals surface area contributed by atoms with E-state index in [1.165, 1.54) is 10.4 Å². The number of carbonyl (C=O) groups excluding carboxylic acids is 1. The monoisotopic (exact) mass is 401 g/mol. The topological polar surface area (TPSA) is 35.6 Å². The van der Waals surface area contributed by atoms with Crippen LogP contribution in [0.25, 0.3) is 0 Å². The van der Waals surface area contributed by atoms with Crippen molar-refractivity contribution in [3.05, 3.63) is 51.7 Å². The number of hydrogen-bond donors (Lipinski definition) is 1. The van der Waals surface area contributed by atoms with Crippen molar-refractivity contribution in [3.8, 4) is 0 Å². The Labute approximate surface area is 174 Å². The van der Waals surface area contributed by atoms with Gasteiger partial charge in [-0.1, -0.05) is 26.0 Å². The van der Waals surface area contributed by atoms with E-state index in [1.807, 2.05) is 36.1 Å². The van der Waals surface area contributed by atoms with Crippen molar-refractivity contribution in [1.82, 2.24) is 9.80 Å². The summed E-state index contributed by atoms with van der Waals surface area (Å²) >= 11 is 1.73. The molecule has 1 N–H and O–H groups in total. The lowest BCUT2D eigenvalue weighted by Crippen LogP contribution is -2.41. The Balaban J connectivity index is 2.07. The van der Waals surface area contributed by atoms with Gasteiger partial charge in [0.2, 0.25) is 0 Å². The van der Waals surface area contributed by atoms with Crippen LogP contribution in [0.4, 0.5) is 10.5 Å². The van der Waals surface area contributed by atoms with Gasteiger partial charge in [0.25, 0.3) is 0 Å². The van der Waals surface area contributed by atoms with Gasteiger partial charge < -0.3 is 15.1 Å². The maximum Gasteiger partial charge on any atom is 0.322 e. The Morgan fingerprint density at radius 2 is 1.93 bits per heavy atom. The van der Waals surface area contributed by atoms with E-state index in [1.54, 1.807) is 11.3 Å². The first-order valence-electron chi connectivity index (χ1n) is 10.3. The smallest absolute Gasteiger partial charge is 0.317 e. The van der Waals surface area contributed by atoms with Crippen LogP contribution in [-0.2, 0) is 6.54 Å². The highest BCUT2D eigenvalue weighted by molar-refractivity contribution is 7.10. The van der Waals surface area contributed by atoms with Crippen LogP contribution < -0.4 is 5.32 Å². The number of benzene rings is 1. The van der Waals surface area contributed by atoms with Gasteiger partial charge in [-0.05, 0) is 88.0 Å². The highest BCUT2D eigenvalue weighted by Crippen LogP contribution is 2.22. The number of nitrogens with zero attached hydrogens (tertiary/aromatic N) is 2. The molecule has 2 aromatic rings. The molecule has 0 saturated carbocycles. The lowest BCUT2D eigenvalue weighted by molar-refractivity contribution is 0.181. The number of hydrogen-bond acceptors (Lipinski definition) is 3. The summed E-state index contributed by atoms with van der Waals surface area (Å²) in [6.07, 6.45) is 2.10. The number of nitrogens with one attached hydrogen (secondary N) is 1. The third-order valence-electron chi connectivity index (χ3n) is 5.34. The molecule has 4 nitrogen and oxygen atoms in total. The van der Waals surface area contributed by atoms with Gasteiger partial charge in [-0.3, -0.25) is 0 Å². The van der Waals surface area contributed by atoms with E-state index in [-0.39, 0.29) is 12.1 Å². The molecule has 28 heavy (non-hydrogen) atoms. The molecule has 1 aromatic heterocycles. The third kappa shape index (κ3) is 6.64. The fraction of sp³-hybridized carbons (Fsp3) is 0.522. The fourth-order valence-corrected chi connectivity index (χ4v) is 4.28. The summed E-state index contributed by atoms with van der Waals surface area (Å²) in [6.45, 7) is 14.6. The second kappa shape index (κ2) is 11.2. The van der Waals surface area contributed by atoms with Crippen LogP contribution in [-0.4, -0.2) is 41.5 Å². The Hall–Kier alpha value is -1.85. The first-order valence-corrected chi connectivity index (χ1v) is 11.2. The number of rotatable bonds is 10. The first kappa shape index (κ1) is 22.4. The normalized spacial score (nSPS) is 12.2. The van der Waals surface area contributed by atoms with Gasteiger partial charge in [0.15, 0.2) is 0 Å². The SMILES string of the molecule is CCN(CC)CCCC(C)N(Cc1sccc1C)C(=O)Nc1cccc(C)c1. The molecule has 1 aromatic carbocycles. The summed E-state index contributed by atoms with van der Waals surface area (Å²) in [7, 11) is 0. The zero-order chi connectivity index (χ0) is 20.5. The van der Waals surface area contributed by atoms with Crippen LogP contribution >= 0.6 is 11.3 Å².